The quantitative estimate of drug-likeness (QED) is 0.716. The van der Waals surface area contributed by atoms with E-state index in [9.17, 15) is 0 Å². The molecule has 5 nitrogen and oxygen atoms in total. The number of benzene rings is 1. The molecule has 0 aliphatic rings. The lowest BCUT2D eigenvalue weighted by Gasteiger charge is -2.10. The molecule has 0 amide bonds. The molecule has 0 unspecified atom stereocenters. The Morgan fingerprint density at radius 2 is 1.73 bits per heavy atom. The molecule has 6 heteroatoms. The van der Waals surface area contributed by atoms with E-state index in [1.54, 1.807) is 12.4 Å². The number of nitrogens with two attached hydrogens (primary N) is 1. The molecular weight excluding hydrogens is 294 g/mol. The van der Waals surface area contributed by atoms with E-state index in [0.717, 1.165) is 15.6 Å². The Bertz CT molecular complexity index is 759. The number of pyridine rings is 1. The molecule has 3 N–H and O–H groups in total. The van der Waals surface area contributed by atoms with E-state index in [0.29, 0.717) is 11.5 Å². The zero-order valence-corrected chi connectivity index (χ0v) is 12.8. The standard InChI is InChI=1S/C16H15N5S/c1-11-2-4-13(5-3-11)22-16-14(17)15(19-10-20-16)21-12-6-8-18-9-7-12/h2-10H,17H2,1H3,(H,18,19,20,21). The smallest absolute Gasteiger partial charge is 0.158 e. The van der Waals surface area contributed by atoms with Crippen LogP contribution >= 0.6 is 11.8 Å². The van der Waals surface area contributed by atoms with Crippen molar-refractivity contribution in [3.63, 3.8) is 0 Å². The number of hydrogen-bond acceptors (Lipinski definition) is 6. The first-order valence-corrected chi connectivity index (χ1v) is 7.56. The lowest BCUT2D eigenvalue weighted by atomic mass is 10.2. The average Bonchev–Trinajstić information content (AvgIpc) is 2.54. The van der Waals surface area contributed by atoms with Crippen LogP contribution in [-0.2, 0) is 0 Å². The zero-order chi connectivity index (χ0) is 15.4. The topological polar surface area (TPSA) is 76.7 Å². The second-order valence-electron chi connectivity index (χ2n) is 4.72. The van der Waals surface area contributed by atoms with Crippen LogP contribution in [0.2, 0.25) is 0 Å². The molecule has 0 radical (unpaired) electrons. The van der Waals surface area contributed by atoms with Crippen LogP contribution in [-0.4, -0.2) is 15.0 Å². The Morgan fingerprint density at radius 1 is 1.00 bits per heavy atom. The summed E-state index contributed by atoms with van der Waals surface area (Å²) < 4.78 is 0. The van der Waals surface area contributed by atoms with Gasteiger partial charge in [0, 0.05) is 23.0 Å². The third kappa shape index (κ3) is 3.35. The first-order chi connectivity index (χ1) is 10.7. The highest BCUT2D eigenvalue weighted by molar-refractivity contribution is 7.99. The molecule has 0 atom stereocenters. The molecule has 0 saturated heterocycles. The van der Waals surface area contributed by atoms with Crippen LogP contribution in [0.1, 0.15) is 5.56 Å². The number of hydrogen-bond donors (Lipinski definition) is 2. The molecule has 3 rings (SSSR count). The maximum Gasteiger partial charge on any atom is 0.158 e. The highest BCUT2D eigenvalue weighted by Gasteiger charge is 2.10. The second kappa shape index (κ2) is 6.44. The molecule has 3 aromatic rings. The van der Waals surface area contributed by atoms with Gasteiger partial charge in [0.25, 0.3) is 0 Å². The minimum Gasteiger partial charge on any atom is -0.394 e. The van der Waals surface area contributed by atoms with Gasteiger partial charge in [0.1, 0.15) is 17.0 Å². The van der Waals surface area contributed by atoms with E-state index in [4.69, 9.17) is 5.73 Å². The van der Waals surface area contributed by atoms with E-state index in [1.807, 2.05) is 12.1 Å². The molecule has 0 aliphatic heterocycles. The summed E-state index contributed by atoms with van der Waals surface area (Å²) in [5.41, 5.74) is 8.82. The first-order valence-electron chi connectivity index (χ1n) is 6.74. The molecule has 0 spiro atoms. The highest BCUT2D eigenvalue weighted by Crippen LogP contribution is 2.33. The Balaban J connectivity index is 1.84. The Labute approximate surface area is 133 Å². The van der Waals surface area contributed by atoms with Gasteiger partial charge in [-0.15, -0.1) is 0 Å². The lowest BCUT2D eigenvalue weighted by Crippen LogP contribution is -2.02. The minimum atomic E-state index is 0.532. The van der Waals surface area contributed by atoms with Crippen molar-refractivity contribution in [3.8, 4) is 0 Å². The summed E-state index contributed by atoms with van der Waals surface area (Å²) >= 11 is 1.52. The van der Waals surface area contributed by atoms with Gasteiger partial charge in [-0.1, -0.05) is 29.5 Å². The van der Waals surface area contributed by atoms with Gasteiger partial charge in [-0.05, 0) is 31.2 Å². The highest BCUT2D eigenvalue weighted by atomic mass is 32.2. The molecule has 0 bridgehead atoms. The SMILES string of the molecule is Cc1ccc(Sc2ncnc(Nc3ccncc3)c2N)cc1. The predicted molar refractivity (Wildman–Crippen MR) is 89.3 cm³/mol. The van der Waals surface area contributed by atoms with Crippen LogP contribution in [0.5, 0.6) is 0 Å². The van der Waals surface area contributed by atoms with E-state index in [2.05, 4.69) is 51.5 Å². The molecule has 2 aromatic heterocycles. The van der Waals surface area contributed by atoms with Crippen molar-refractivity contribution in [2.75, 3.05) is 11.1 Å². The number of nitrogen functional groups attached to an aromatic ring is 1. The van der Waals surface area contributed by atoms with Crippen molar-refractivity contribution in [2.24, 2.45) is 0 Å². The normalized spacial score (nSPS) is 10.4. The fraction of sp³-hybridized carbons (Fsp3) is 0.0625. The van der Waals surface area contributed by atoms with Crippen molar-refractivity contribution in [2.45, 2.75) is 16.8 Å². The van der Waals surface area contributed by atoms with Gasteiger partial charge < -0.3 is 11.1 Å². The predicted octanol–water partition coefficient (Wildman–Crippen LogP) is 3.66. The monoisotopic (exact) mass is 309 g/mol. The number of nitrogens with zero attached hydrogens (tertiary/aromatic N) is 3. The fourth-order valence-electron chi connectivity index (χ4n) is 1.85. The first kappa shape index (κ1) is 14.3. The molecule has 110 valence electrons. The molecular formula is C16H15N5S. The molecule has 0 fully saturated rings. The summed E-state index contributed by atoms with van der Waals surface area (Å²) in [6, 6.07) is 11.9. The number of anilines is 3. The molecule has 1 aromatic carbocycles. The maximum absolute atomic E-state index is 6.18. The van der Waals surface area contributed by atoms with Gasteiger partial charge in [-0.3, -0.25) is 4.98 Å². The minimum absolute atomic E-state index is 0.532. The third-order valence-electron chi connectivity index (χ3n) is 3.03. The van der Waals surface area contributed by atoms with Crippen molar-refractivity contribution in [1.82, 2.24) is 15.0 Å². The summed E-state index contributed by atoms with van der Waals surface area (Å²) in [6.45, 7) is 2.06. The number of aryl methyl sites for hydroxylation is 1. The summed E-state index contributed by atoms with van der Waals surface area (Å²) in [7, 11) is 0. The number of rotatable bonds is 4. The van der Waals surface area contributed by atoms with Crippen molar-refractivity contribution >= 4 is 29.0 Å². The van der Waals surface area contributed by atoms with Crippen molar-refractivity contribution in [3.05, 3.63) is 60.7 Å². The van der Waals surface area contributed by atoms with Crippen LogP contribution in [0.4, 0.5) is 17.2 Å². The third-order valence-corrected chi connectivity index (χ3v) is 4.05. The van der Waals surface area contributed by atoms with Crippen LogP contribution in [0.3, 0.4) is 0 Å². The Hall–Kier alpha value is -2.60. The molecule has 0 saturated carbocycles. The fourth-order valence-corrected chi connectivity index (χ4v) is 2.65. The zero-order valence-electron chi connectivity index (χ0n) is 12.0. The van der Waals surface area contributed by atoms with Gasteiger partial charge >= 0.3 is 0 Å². The Kier molecular flexibility index (Phi) is 4.20. The van der Waals surface area contributed by atoms with Gasteiger partial charge in [0.05, 0.1) is 0 Å². The Morgan fingerprint density at radius 3 is 2.45 bits per heavy atom. The second-order valence-corrected chi connectivity index (χ2v) is 5.78. The van der Waals surface area contributed by atoms with Gasteiger partial charge in [-0.25, -0.2) is 9.97 Å². The van der Waals surface area contributed by atoms with Crippen molar-refractivity contribution < 1.29 is 0 Å². The number of nitrogens with one attached hydrogen (secondary N) is 1. The molecule has 2 heterocycles. The van der Waals surface area contributed by atoms with Gasteiger partial charge in [0.15, 0.2) is 5.82 Å². The van der Waals surface area contributed by atoms with E-state index in [1.165, 1.54) is 23.7 Å². The average molecular weight is 309 g/mol. The summed E-state index contributed by atoms with van der Waals surface area (Å²) in [6.07, 6.45) is 4.93. The largest absolute Gasteiger partial charge is 0.394 e. The van der Waals surface area contributed by atoms with E-state index < -0.39 is 0 Å². The van der Waals surface area contributed by atoms with Crippen molar-refractivity contribution in [1.29, 1.82) is 0 Å². The van der Waals surface area contributed by atoms with Gasteiger partial charge in [0.2, 0.25) is 0 Å². The molecule has 22 heavy (non-hydrogen) atoms. The molecule has 0 aliphatic carbocycles. The lowest BCUT2D eigenvalue weighted by molar-refractivity contribution is 1.06. The summed E-state index contributed by atoms with van der Waals surface area (Å²) in [5, 5.41) is 3.91. The van der Waals surface area contributed by atoms with Crippen LogP contribution < -0.4 is 11.1 Å². The van der Waals surface area contributed by atoms with Crippen LogP contribution in [0.25, 0.3) is 0 Å². The summed E-state index contributed by atoms with van der Waals surface area (Å²) in [5.74, 6) is 0.593. The van der Waals surface area contributed by atoms with Gasteiger partial charge in [-0.2, -0.15) is 0 Å². The van der Waals surface area contributed by atoms with E-state index in [-0.39, 0.29) is 0 Å². The van der Waals surface area contributed by atoms with E-state index >= 15 is 0 Å². The summed E-state index contributed by atoms with van der Waals surface area (Å²) in [4.78, 5) is 13.6. The maximum atomic E-state index is 6.18. The van der Waals surface area contributed by atoms with Crippen LogP contribution in [0.15, 0.2) is 65.0 Å². The van der Waals surface area contributed by atoms with Crippen LogP contribution in [0, 0.1) is 6.92 Å². The number of aromatic nitrogens is 3.